The number of nitrogens with one attached hydrogen (secondary N) is 2. The number of carbonyl (C=O) groups excluding carboxylic acids is 1. The molecule has 0 fully saturated rings. The van der Waals surface area contributed by atoms with Gasteiger partial charge in [-0.05, 0) is 62.2 Å². The van der Waals surface area contributed by atoms with Crippen LogP contribution in [-0.2, 0) is 11.2 Å². The molecular weight excluding hydrogens is 402 g/mol. The molecule has 168 valence electrons. The highest BCUT2D eigenvalue weighted by Crippen LogP contribution is 2.27. The zero-order valence-corrected chi connectivity index (χ0v) is 18.0. The van der Waals surface area contributed by atoms with Crippen LogP contribution < -0.4 is 20.1 Å². The summed E-state index contributed by atoms with van der Waals surface area (Å²) < 4.78 is 36.9. The average molecular weight is 433 g/mol. The minimum Gasteiger partial charge on any atom is -0.493 e. The number of benzene rings is 2. The lowest BCUT2D eigenvalue weighted by atomic mass is 10.1. The molecule has 0 unspecified atom stereocenters. The van der Waals surface area contributed by atoms with Crippen LogP contribution in [0.25, 0.3) is 6.08 Å². The monoisotopic (exact) mass is 432 g/mol. The molecule has 0 aromatic heterocycles. The van der Waals surface area contributed by atoms with Crippen molar-refractivity contribution in [2.45, 2.75) is 25.7 Å². The molecule has 2 N–H and O–H groups in total. The minimum atomic E-state index is -0.645. The molecule has 0 spiro atoms. The summed E-state index contributed by atoms with van der Waals surface area (Å²) in [5.74, 6) is 0.0638. The second-order valence-electron chi connectivity index (χ2n) is 7.02. The number of halogens is 2. The first-order chi connectivity index (χ1) is 15.0. The number of amides is 1. The maximum Gasteiger partial charge on any atom is 0.223 e. The molecule has 0 bridgehead atoms. The Labute approximate surface area is 182 Å². The van der Waals surface area contributed by atoms with Crippen molar-refractivity contribution in [3.05, 3.63) is 65.2 Å². The van der Waals surface area contributed by atoms with E-state index in [-0.39, 0.29) is 17.9 Å². The average Bonchev–Trinajstić information content (AvgIpc) is 2.76. The summed E-state index contributed by atoms with van der Waals surface area (Å²) in [6.07, 6.45) is 5.94. The highest BCUT2D eigenvalue weighted by molar-refractivity contribution is 5.78. The molecule has 0 saturated heterocycles. The summed E-state index contributed by atoms with van der Waals surface area (Å²) in [5.41, 5.74) is 1.45. The summed E-state index contributed by atoms with van der Waals surface area (Å²) in [4.78, 5) is 11.8. The number of hydrogen-bond donors (Lipinski definition) is 2. The van der Waals surface area contributed by atoms with E-state index in [9.17, 15) is 13.6 Å². The number of hydrogen-bond acceptors (Lipinski definition) is 4. The van der Waals surface area contributed by atoms with Crippen molar-refractivity contribution < 1.29 is 23.0 Å². The highest BCUT2D eigenvalue weighted by atomic mass is 19.1. The van der Waals surface area contributed by atoms with Crippen molar-refractivity contribution in [2.24, 2.45) is 0 Å². The van der Waals surface area contributed by atoms with Gasteiger partial charge in [0.2, 0.25) is 5.91 Å². The molecule has 0 aliphatic heterocycles. The molecule has 2 aromatic rings. The van der Waals surface area contributed by atoms with Crippen molar-refractivity contribution in [2.75, 3.05) is 33.9 Å². The number of aryl methyl sites for hydroxylation is 1. The van der Waals surface area contributed by atoms with E-state index in [1.54, 1.807) is 20.3 Å². The molecule has 7 heteroatoms. The fourth-order valence-corrected chi connectivity index (χ4v) is 3.02. The van der Waals surface area contributed by atoms with Gasteiger partial charge in [-0.15, -0.1) is 0 Å². The van der Waals surface area contributed by atoms with Crippen LogP contribution in [0.5, 0.6) is 11.5 Å². The molecule has 0 aliphatic rings. The van der Waals surface area contributed by atoms with Gasteiger partial charge in [-0.25, -0.2) is 8.78 Å². The molecule has 0 saturated carbocycles. The predicted molar refractivity (Wildman–Crippen MR) is 118 cm³/mol. The lowest BCUT2D eigenvalue weighted by Gasteiger charge is -2.10. The number of rotatable bonds is 13. The van der Waals surface area contributed by atoms with Crippen LogP contribution in [0.3, 0.4) is 0 Å². The number of ether oxygens (including phenoxy) is 2. The quantitative estimate of drug-likeness (QED) is 0.468. The van der Waals surface area contributed by atoms with Crippen LogP contribution in [0, 0.1) is 11.6 Å². The van der Waals surface area contributed by atoms with Crippen molar-refractivity contribution >= 4 is 12.0 Å². The van der Waals surface area contributed by atoms with Crippen molar-refractivity contribution in [3.63, 3.8) is 0 Å². The lowest BCUT2D eigenvalue weighted by Crippen LogP contribution is -2.27. The second-order valence-corrected chi connectivity index (χ2v) is 7.02. The SMILES string of the molecule is COc1ccc(CCCNCCCNC(=O)C/C=C/c2ccc(F)cc2F)cc1OC. The zero-order chi connectivity index (χ0) is 22.5. The lowest BCUT2D eigenvalue weighted by molar-refractivity contribution is -0.120. The van der Waals surface area contributed by atoms with E-state index < -0.39 is 11.6 Å². The Balaban J connectivity index is 1.53. The van der Waals surface area contributed by atoms with Gasteiger partial charge in [-0.1, -0.05) is 18.2 Å². The fraction of sp³-hybridized carbons (Fsp3) is 0.375. The third kappa shape index (κ3) is 8.76. The summed E-state index contributed by atoms with van der Waals surface area (Å²) in [5, 5.41) is 6.19. The van der Waals surface area contributed by atoms with E-state index >= 15 is 0 Å². The topological polar surface area (TPSA) is 59.6 Å². The molecule has 0 aliphatic carbocycles. The molecular formula is C24H30F2N2O3. The Morgan fingerprint density at radius 1 is 0.968 bits per heavy atom. The molecule has 0 radical (unpaired) electrons. The van der Waals surface area contributed by atoms with E-state index in [0.29, 0.717) is 6.54 Å². The van der Waals surface area contributed by atoms with Gasteiger partial charge in [0.1, 0.15) is 11.6 Å². The van der Waals surface area contributed by atoms with Crippen LogP contribution in [0.4, 0.5) is 8.78 Å². The van der Waals surface area contributed by atoms with Crippen molar-refractivity contribution in [3.8, 4) is 11.5 Å². The van der Waals surface area contributed by atoms with Crippen LogP contribution in [-0.4, -0.2) is 39.8 Å². The highest BCUT2D eigenvalue weighted by Gasteiger charge is 2.04. The van der Waals surface area contributed by atoms with E-state index in [2.05, 4.69) is 10.6 Å². The smallest absolute Gasteiger partial charge is 0.223 e. The Kier molecular flexibility index (Phi) is 10.5. The zero-order valence-electron chi connectivity index (χ0n) is 18.0. The van der Waals surface area contributed by atoms with Gasteiger partial charge in [0.15, 0.2) is 11.5 Å². The Morgan fingerprint density at radius 2 is 1.74 bits per heavy atom. The van der Waals surface area contributed by atoms with E-state index in [1.165, 1.54) is 23.8 Å². The first kappa shape index (κ1) is 24.3. The Morgan fingerprint density at radius 3 is 2.48 bits per heavy atom. The molecule has 1 amide bonds. The third-order valence-electron chi connectivity index (χ3n) is 4.68. The molecule has 5 nitrogen and oxygen atoms in total. The summed E-state index contributed by atoms with van der Waals surface area (Å²) in [6.45, 7) is 2.26. The largest absolute Gasteiger partial charge is 0.493 e. The van der Waals surface area contributed by atoms with Gasteiger partial charge in [0.25, 0.3) is 0 Å². The van der Waals surface area contributed by atoms with Gasteiger partial charge in [-0.2, -0.15) is 0 Å². The standard InChI is InChI=1S/C24H30F2N2O3/c1-30-22-12-9-18(16-23(22)31-2)6-4-13-27-14-5-15-28-24(29)8-3-7-19-10-11-20(25)17-21(19)26/h3,7,9-12,16-17,27H,4-6,8,13-15H2,1-2H3,(H,28,29)/b7-3+. The van der Waals surface area contributed by atoms with Crippen LogP contribution in [0.2, 0.25) is 0 Å². The van der Waals surface area contributed by atoms with Crippen LogP contribution in [0.1, 0.15) is 30.4 Å². The summed E-state index contributed by atoms with van der Waals surface area (Å²) in [7, 11) is 3.25. The fourth-order valence-electron chi connectivity index (χ4n) is 3.02. The maximum atomic E-state index is 13.5. The Bertz CT molecular complexity index is 872. The minimum absolute atomic E-state index is 0.132. The van der Waals surface area contributed by atoms with Gasteiger partial charge >= 0.3 is 0 Å². The normalized spacial score (nSPS) is 11.0. The van der Waals surface area contributed by atoms with Gasteiger partial charge < -0.3 is 20.1 Å². The van der Waals surface area contributed by atoms with Gasteiger partial charge in [-0.3, -0.25) is 4.79 Å². The van der Waals surface area contributed by atoms with E-state index in [0.717, 1.165) is 49.9 Å². The first-order valence-electron chi connectivity index (χ1n) is 10.3. The second kappa shape index (κ2) is 13.4. The molecule has 0 heterocycles. The van der Waals surface area contributed by atoms with E-state index in [1.807, 2.05) is 18.2 Å². The summed E-state index contributed by atoms with van der Waals surface area (Å²) in [6, 6.07) is 9.29. The number of methoxy groups -OCH3 is 2. The van der Waals surface area contributed by atoms with Crippen LogP contribution in [0.15, 0.2) is 42.5 Å². The summed E-state index contributed by atoms with van der Waals surface area (Å²) >= 11 is 0. The van der Waals surface area contributed by atoms with Gasteiger partial charge in [0, 0.05) is 24.6 Å². The predicted octanol–water partition coefficient (Wildman–Crippen LogP) is 4.11. The van der Waals surface area contributed by atoms with Crippen molar-refractivity contribution in [1.29, 1.82) is 0 Å². The number of carbonyl (C=O) groups is 1. The molecule has 0 atom stereocenters. The van der Waals surface area contributed by atoms with Crippen molar-refractivity contribution in [1.82, 2.24) is 10.6 Å². The van der Waals surface area contributed by atoms with E-state index in [4.69, 9.17) is 9.47 Å². The molecule has 2 rings (SSSR count). The maximum absolute atomic E-state index is 13.5. The molecule has 31 heavy (non-hydrogen) atoms. The first-order valence-corrected chi connectivity index (χ1v) is 10.3. The Hall–Kier alpha value is -2.93. The third-order valence-corrected chi connectivity index (χ3v) is 4.68. The van der Waals surface area contributed by atoms with Gasteiger partial charge in [0.05, 0.1) is 14.2 Å². The molecule has 2 aromatic carbocycles. The van der Waals surface area contributed by atoms with Crippen LogP contribution >= 0.6 is 0 Å².